The molecule has 28 heavy (non-hydrogen) atoms. The Morgan fingerprint density at radius 3 is 2.68 bits per heavy atom. The molecule has 1 aliphatic rings. The first-order chi connectivity index (χ1) is 13.6. The number of para-hydroxylation sites is 1. The number of anilines is 1. The van der Waals surface area contributed by atoms with Crippen LogP contribution in [0, 0.1) is 6.92 Å². The molecule has 0 spiro atoms. The van der Waals surface area contributed by atoms with Gasteiger partial charge in [0.2, 0.25) is 5.91 Å². The molecular weight excluding hydrogens is 372 g/mol. The Morgan fingerprint density at radius 1 is 1.14 bits per heavy atom. The molecule has 2 aromatic carbocycles. The Hall–Kier alpha value is -2.31. The molecular formula is C22H26N2O3S. The van der Waals surface area contributed by atoms with Crippen molar-refractivity contribution in [3.8, 4) is 0 Å². The van der Waals surface area contributed by atoms with Gasteiger partial charge in [0.05, 0.1) is 23.1 Å². The van der Waals surface area contributed by atoms with Crippen LogP contribution >= 0.6 is 11.8 Å². The maximum atomic E-state index is 12.5. The fourth-order valence-corrected chi connectivity index (χ4v) is 3.82. The molecule has 0 radical (unpaired) electrons. The molecule has 1 heterocycles. The van der Waals surface area contributed by atoms with E-state index in [2.05, 4.69) is 41.8 Å². The highest BCUT2D eigenvalue weighted by Gasteiger charge is 2.18. The third kappa shape index (κ3) is 6.11. The van der Waals surface area contributed by atoms with E-state index in [9.17, 15) is 9.59 Å². The molecule has 6 heteroatoms. The number of aryl methyl sites for hydroxylation is 1. The molecule has 0 aromatic heterocycles. The van der Waals surface area contributed by atoms with Crippen LogP contribution in [0.5, 0.6) is 0 Å². The minimum Gasteiger partial charge on any atom is -0.376 e. The van der Waals surface area contributed by atoms with Crippen molar-refractivity contribution in [2.45, 2.75) is 31.6 Å². The summed E-state index contributed by atoms with van der Waals surface area (Å²) in [5, 5.41) is 5.77. The smallest absolute Gasteiger partial charge is 0.253 e. The average Bonchev–Trinajstić information content (AvgIpc) is 3.22. The highest BCUT2D eigenvalue weighted by Crippen LogP contribution is 2.18. The number of hydrogen-bond donors (Lipinski definition) is 2. The van der Waals surface area contributed by atoms with Crippen LogP contribution in [0.1, 0.15) is 34.3 Å². The molecule has 2 aromatic rings. The first-order valence-electron chi connectivity index (χ1n) is 9.54. The summed E-state index contributed by atoms with van der Waals surface area (Å²) in [5.41, 5.74) is 3.42. The van der Waals surface area contributed by atoms with Gasteiger partial charge in [-0.1, -0.05) is 42.0 Å². The molecule has 1 unspecified atom stereocenters. The largest absolute Gasteiger partial charge is 0.376 e. The molecule has 5 nitrogen and oxygen atoms in total. The Morgan fingerprint density at radius 2 is 1.93 bits per heavy atom. The van der Waals surface area contributed by atoms with Crippen molar-refractivity contribution in [1.82, 2.24) is 5.32 Å². The van der Waals surface area contributed by atoms with Crippen LogP contribution in [-0.4, -0.2) is 36.8 Å². The van der Waals surface area contributed by atoms with Gasteiger partial charge >= 0.3 is 0 Å². The van der Waals surface area contributed by atoms with E-state index in [1.54, 1.807) is 30.0 Å². The number of amides is 2. The molecule has 0 saturated carbocycles. The molecule has 1 aliphatic heterocycles. The van der Waals surface area contributed by atoms with Crippen LogP contribution in [0.3, 0.4) is 0 Å². The van der Waals surface area contributed by atoms with E-state index in [1.807, 2.05) is 6.07 Å². The number of ether oxygens (including phenoxy) is 1. The van der Waals surface area contributed by atoms with Crippen LogP contribution in [0.2, 0.25) is 0 Å². The molecule has 0 aliphatic carbocycles. The first-order valence-corrected chi connectivity index (χ1v) is 10.7. The zero-order valence-electron chi connectivity index (χ0n) is 16.1. The van der Waals surface area contributed by atoms with Crippen LogP contribution in [0.15, 0.2) is 48.5 Å². The minimum atomic E-state index is -0.196. The Kier molecular flexibility index (Phi) is 7.51. The van der Waals surface area contributed by atoms with E-state index in [1.165, 1.54) is 11.1 Å². The van der Waals surface area contributed by atoms with Gasteiger partial charge in [0.15, 0.2) is 0 Å². The van der Waals surface area contributed by atoms with Crippen LogP contribution in [0.4, 0.5) is 5.69 Å². The maximum absolute atomic E-state index is 12.5. The van der Waals surface area contributed by atoms with Crippen molar-refractivity contribution >= 4 is 29.3 Å². The van der Waals surface area contributed by atoms with E-state index >= 15 is 0 Å². The summed E-state index contributed by atoms with van der Waals surface area (Å²) in [4.78, 5) is 24.8. The van der Waals surface area contributed by atoms with Gasteiger partial charge in [0, 0.05) is 18.9 Å². The van der Waals surface area contributed by atoms with Gasteiger partial charge < -0.3 is 15.4 Å². The number of thioether (sulfide) groups is 1. The normalized spacial score (nSPS) is 16.0. The van der Waals surface area contributed by atoms with Crippen molar-refractivity contribution in [2.24, 2.45) is 0 Å². The van der Waals surface area contributed by atoms with Gasteiger partial charge in [-0.3, -0.25) is 9.59 Å². The summed E-state index contributed by atoms with van der Waals surface area (Å²) >= 11 is 1.55. The van der Waals surface area contributed by atoms with Gasteiger partial charge in [-0.25, -0.2) is 0 Å². The highest BCUT2D eigenvalue weighted by molar-refractivity contribution is 7.99. The quantitative estimate of drug-likeness (QED) is 0.710. The third-order valence-electron chi connectivity index (χ3n) is 4.58. The first kappa shape index (κ1) is 20.4. The third-order valence-corrected chi connectivity index (χ3v) is 5.59. The van der Waals surface area contributed by atoms with Gasteiger partial charge in [-0.15, -0.1) is 11.8 Å². The molecule has 3 rings (SSSR count). The summed E-state index contributed by atoms with van der Waals surface area (Å²) in [7, 11) is 0. The van der Waals surface area contributed by atoms with Gasteiger partial charge in [0.1, 0.15) is 0 Å². The number of carbonyl (C=O) groups excluding carboxylic acids is 2. The molecule has 2 amide bonds. The van der Waals surface area contributed by atoms with E-state index in [-0.39, 0.29) is 17.9 Å². The lowest BCUT2D eigenvalue weighted by molar-refractivity contribution is -0.113. The van der Waals surface area contributed by atoms with Crippen LogP contribution in [0.25, 0.3) is 0 Å². The van der Waals surface area contributed by atoms with Crippen molar-refractivity contribution in [2.75, 3.05) is 24.2 Å². The summed E-state index contributed by atoms with van der Waals surface area (Å²) in [6, 6.07) is 15.4. The van der Waals surface area contributed by atoms with Crippen molar-refractivity contribution < 1.29 is 14.3 Å². The van der Waals surface area contributed by atoms with Gasteiger partial charge in [-0.05, 0) is 37.5 Å². The predicted octanol–water partition coefficient (Wildman–Crippen LogP) is 3.78. The predicted molar refractivity (Wildman–Crippen MR) is 114 cm³/mol. The average molecular weight is 399 g/mol. The van der Waals surface area contributed by atoms with Crippen LogP contribution < -0.4 is 10.6 Å². The van der Waals surface area contributed by atoms with Crippen LogP contribution in [-0.2, 0) is 15.3 Å². The second kappa shape index (κ2) is 10.3. The summed E-state index contributed by atoms with van der Waals surface area (Å²) < 4.78 is 5.53. The number of nitrogens with one attached hydrogen (secondary N) is 2. The fourth-order valence-electron chi connectivity index (χ4n) is 3.03. The highest BCUT2D eigenvalue weighted by atomic mass is 32.2. The number of benzene rings is 2. The molecule has 1 fully saturated rings. The fraction of sp³-hybridized carbons (Fsp3) is 0.364. The number of rotatable bonds is 8. The SMILES string of the molecule is Cc1ccc(CSCC(=O)Nc2ccccc2C(=O)NCC2CCCO2)cc1. The zero-order valence-corrected chi connectivity index (χ0v) is 16.9. The molecule has 148 valence electrons. The van der Waals surface area contributed by atoms with E-state index < -0.39 is 0 Å². The van der Waals surface area contributed by atoms with E-state index in [0.29, 0.717) is 23.5 Å². The summed E-state index contributed by atoms with van der Waals surface area (Å²) in [5.74, 6) is 0.798. The Bertz CT molecular complexity index is 802. The number of hydrogen-bond acceptors (Lipinski definition) is 4. The lowest BCUT2D eigenvalue weighted by Crippen LogP contribution is -2.32. The van der Waals surface area contributed by atoms with Crippen molar-refractivity contribution in [3.05, 3.63) is 65.2 Å². The minimum absolute atomic E-state index is 0.0869. The topological polar surface area (TPSA) is 67.4 Å². The van der Waals surface area contributed by atoms with Gasteiger partial charge in [-0.2, -0.15) is 0 Å². The monoisotopic (exact) mass is 398 g/mol. The molecule has 1 atom stereocenters. The summed E-state index contributed by atoms with van der Waals surface area (Å²) in [6.45, 7) is 3.31. The Balaban J connectivity index is 1.49. The Labute approximate surface area is 170 Å². The standard InChI is InChI=1S/C22H26N2O3S/c1-16-8-10-17(11-9-16)14-28-15-21(25)24-20-7-3-2-6-19(20)22(26)23-13-18-5-4-12-27-18/h2-3,6-11,18H,4-5,12-15H2,1H3,(H,23,26)(H,24,25). The van der Waals surface area contributed by atoms with Gasteiger partial charge in [0.25, 0.3) is 5.91 Å². The van der Waals surface area contributed by atoms with E-state index in [4.69, 9.17) is 4.74 Å². The van der Waals surface area contributed by atoms with E-state index in [0.717, 1.165) is 25.2 Å². The molecule has 2 N–H and O–H groups in total. The lowest BCUT2D eigenvalue weighted by atomic mass is 10.1. The molecule has 1 saturated heterocycles. The van der Waals surface area contributed by atoms with Crippen molar-refractivity contribution in [1.29, 1.82) is 0 Å². The molecule has 0 bridgehead atoms. The zero-order chi connectivity index (χ0) is 19.8. The summed E-state index contributed by atoms with van der Waals surface area (Å²) in [6.07, 6.45) is 2.09. The lowest BCUT2D eigenvalue weighted by Gasteiger charge is -2.13. The maximum Gasteiger partial charge on any atom is 0.253 e. The number of carbonyl (C=O) groups is 2. The van der Waals surface area contributed by atoms with Crippen molar-refractivity contribution in [3.63, 3.8) is 0 Å². The second-order valence-corrected chi connectivity index (χ2v) is 7.90. The second-order valence-electron chi connectivity index (χ2n) is 6.92.